The Morgan fingerprint density at radius 3 is 1.57 bits per heavy atom. The Kier molecular flexibility index (Phi) is 7.71. The van der Waals surface area contributed by atoms with Crippen LogP contribution in [0.4, 0.5) is 34.1 Å². The van der Waals surface area contributed by atoms with Crippen LogP contribution in [0, 0.1) is 0 Å². The van der Waals surface area contributed by atoms with Crippen LogP contribution < -0.4 is 9.80 Å². The zero-order chi connectivity index (χ0) is 35.1. The average molecular weight is 695 g/mol. The van der Waals surface area contributed by atoms with Crippen molar-refractivity contribution in [3.05, 3.63) is 206 Å². The molecule has 0 saturated carbocycles. The Balaban J connectivity index is 1.30. The van der Waals surface area contributed by atoms with E-state index in [1.54, 1.807) is 0 Å². The summed E-state index contributed by atoms with van der Waals surface area (Å²) in [6, 6.07) is 74.7. The molecular weight excluding hydrogens is 661 g/mol. The van der Waals surface area contributed by atoms with E-state index in [-0.39, 0.29) is 0 Å². The summed E-state index contributed by atoms with van der Waals surface area (Å²) in [5.74, 6) is 0. The van der Waals surface area contributed by atoms with Gasteiger partial charge in [0, 0.05) is 48.5 Å². The lowest BCUT2D eigenvalue weighted by Crippen LogP contribution is -2.14. The van der Waals surface area contributed by atoms with Crippen LogP contribution in [0.15, 0.2) is 206 Å². The third kappa shape index (κ3) is 5.50. The van der Waals surface area contributed by atoms with Crippen LogP contribution in [0.5, 0.6) is 0 Å². The number of rotatable bonds is 7. The molecule has 0 N–H and O–H groups in total. The molecule has 1 aromatic heterocycles. The third-order valence-corrected chi connectivity index (χ3v) is 11.3. The maximum Gasteiger partial charge on any atom is 0.0575 e. The number of hydrogen-bond acceptors (Lipinski definition) is 3. The molecular formula is C50H34N2S. The second-order valence-corrected chi connectivity index (χ2v) is 14.4. The van der Waals surface area contributed by atoms with E-state index in [2.05, 4.69) is 216 Å². The van der Waals surface area contributed by atoms with Gasteiger partial charge < -0.3 is 9.80 Å². The Labute approximate surface area is 313 Å². The quantitative estimate of drug-likeness (QED) is 0.164. The van der Waals surface area contributed by atoms with E-state index in [0.717, 1.165) is 34.1 Å². The molecule has 0 aliphatic carbocycles. The van der Waals surface area contributed by atoms with Gasteiger partial charge in [-0.05, 0) is 93.8 Å². The normalized spacial score (nSPS) is 11.4. The Hall–Kier alpha value is -6.68. The zero-order valence-corrected chi connectivity index (χ0v) is 29.7. The molecule has 0 saturated heterocycles. The van der Waals surface area contributed by atoms with E-state index in [0.29, 0.717) is 0 Å². The third-order valence-electron chi connectivity index (χ3n) is 10.2. The van der Waals surface area contributed by atoms with Crippen molar-refractivity contribution >= 4 is 87.2 Å². The van der Waals surface area contributed by atoms with Gasteiger partial charge in [-0.15, -0.1) is 11.3 Å². The van der Waals surface area contributed by atoms with E-state index in [1.807, 2.05) is 11.3 Å². The molecule has 0 bridgehead atoms. The number of nitrogens with zero attached hydrogens (tertiary/aromatic N) is 2. The van der Waals surface area contributed by atoms with Crippen LogP contribution in [-0.2, 0) is 0 Å². The molecule has 2 nitrogen and oxygen atoms in total. The second-order valence-electron chi connectivity index (χ2n) is 13.4. The number of thiophene rings is 1. The molecule has 10 aromatic rings. The highest BCUT2D eigenvalue weighted by Gasteiger charge is 2.24. The summed E-state index contributed by atoms with van der Waals surface area (Å²) in [5, 5.41) is 7.54. The summed E-state index contributed by atoms with van der Waals surface area (Å²) in [6.45, 7) is 0. The fraction of sp³-hybridized carbons (Fsp3) is 0. The van der Waals surface area contributed by atoms with Gasteiger partial charge in [-0.2, -0.15) is 0 Å². The van der Waals surface area contributed by atoms with E-state index < -0.39 is 0 Å². The molecule has 53 heavy (non-hydrogen) atoms. The SMILES string of the molecule is c1ccc(N(c2cc(N(c3ccccc3)c3ccccc3)c3c(c2)sc2ccc4ccccc4c23)c2ccccc2-c2ccc3ccccc3c2)cc1. The van der Waals surface area contributed by atoms with Crippen molar-refractivity contribution < 1.29 is 0 Å². The van der Waals surface area contributed by atoms with Crippen molar-refractivity contribution in [2.45, 2.75) is 0 Å². The molecule has 0 aliphatic heterocycles. The van der Waals surface area contributed by atoms with E-state index in [1.165, 1.54) is 52.8 Å². The summed E-state index contributed by atoms with van der Waals surface area (Å²) in [5.41, 5.74) is 9.04. The van der Waals surface area contributed by atoms with Crippen LogP contribution in [-0.4, -0.2) is 0 Å². The summed E-state index contributed by atoms with van der Waals surface area (Å²) >= 11 is 1.87. The van der Waals surface area contributed by atoms with Crippen molar-refractivity contribution in [1.82, 2.24) is 0 Å². The molecule has 250 valence electrons. The van der Waals surface area contributed by atoms with Crippen molar-refractivity contribution in [2.75, 3.05) is 9.80 Å². The number of benzene rings is 9. The summed E-state index contributed by atoms with van der Waals surface area (Å²) in [7, 11) is 0. The minimum atomic E-state index is 1.10. The molecule has 0 spiro atoms. The largest absolute Gasteiger partial charge is 0.310 e. The van der Waals surface area contributed by atoms with Gasteiger partial charge in [-0.3, -0.25) is 0 Å². The van der Waals surface area contributed by atoms with Gasteiger partial charge in [0.05, 0.1) is 11.4 Å². The predicted molar refractivity (Wildman–Crippen MR) is 229 cm³/mol. The Morgan fingerprint density at radius 1 is 0.321 bits per heavy atom. The first-order valence-corrected chi connectivity index (χ1v) is 18.8. The minimum absolute atomic E-state index is 1.10. The highest BCUT2D eigenvalue weighted by atomic mass is 32.1. The molecule has 0 aliphatic rings. The number of fused-ring (bicyclic) bond motifs is 6. The molecule has 0 radical (unpaired) electrons. The molecule has 1 heterocycles. The van der Waals surface area contributed by atoms with Gasteiger partial charge in [0.1, 0.15) is 0 Å². The summed E-state index contributed by atoms with van der Waals surface area (Å²) in [4.78, 5) is 4.86. The monoisotopic (exact) mass is 694 g/mol. The molecule has 0 fully saturated rings. The lowest BCUT2D eigenvalue weighted by atomic mass is 9.98. The standard InChI is InChI=1S/C50H34N2S/c1-4-19-39(20-5-1)51(40-21-6-2-7-22-40)46-33-42(34-48-50(46)49-44-26-13-12-17-36(44)30-31-47(49)53-48)52(41-23-8-3-9-24-41)45-27-15-14-25-43(45)38-29-28-35-16-10-11-18-37(35)32-38/h1-34H. The van der Waals surface area contributed by atoms with E-state index >= 15 is 0 Å². The van der Waals surface area contributed by atoms with Gasteiger partial charge in [0.25, 0.3) is 0 Å². The number of para-hydroxylation sites is 4. The van der Waals surface area contributed by atoms with Crippen molar-refractivity contribution in [3.8, 4) is 11.1 Å². The van der Waals surface area contributed by atoms with Gasteiger partial charge in [-0.1, -0.05) is 140 Å². The second kappa shape index (κ2) is 13.1. The van der Waals surface area contributed by atoms with Crippen LogP contribution in [0.1, 0.15) is 0 Å². The average Bonchev–Trinajstić information content (AvgIpc) is 3.62. The lowest BCUT2D eigenvalue weighted by Gasteiger charge is -2.31. The van der Waals surface area contributed by atoms with Crippen LogP contribution >= 0.6 is 11.3 Å². The molecule has 10 rings (SSSR count). The van der Waals surface area contributed by atoms with Gasteiger partial charge in [0.2, 0.25) is 0 Å². The Morgan fingerprint density at radius 2 is 0.868 bits per heavy atom. The zero-order valence-electron chi connectivity index (χ0n) is 28.9. The van der Waals surface area contributed by atoms with Gasteiger partial charge in [-0.25, -0.2) is 0 Å². The van der Waals surface area contributed by atoms with Gasteiger partial charge in [0.15, 0.2) is 0 Å². The maximum absolute atomic E-state index is 2.43. The van der Waals surface area contributed by atoms with Crippen LogP contribution in [0.25, 0.3) is 52.8 Å². The van der Waals surface area contributed by atoms with Gasteiger partial charge >= 0.3 is 0 Å². The van der Waals surface area contributed by atoms with Crippen molar-refractivity contribution in [2.24, 2.45) is 0 Å². The molecule has 0 amide bonds. The highest BCUT2D eigenvalue weighted by molar-refractivity contribution is 7.26. The topological polar surface area (TPSA) is 6.48 Å². The predicted octanol–water partition coefficient (Wildman–Crippen LogP) is 15.0. The summed E-state index contributed by atoms with van der Waals surface area (Å²) in [6.07, 6.45) is 0. The first-order chi connectivity index (χ1) is 26.3. The Bertz CT molecular complexity index is 2860. The van der Waals surface area contributed by atoms with Crippen LogP contribution in [0.3, 0.4) is 0 Å². The number of anilines is 6. The molecule has 3 heteroatoms. The lowest BCUT2D eigenvalue weighted by molar-refractivity contribution is 1.26. The van der Waals surface area contributed by atoms with Crippen molar-refractivity contribution in [1.29, 1.82) is 0 Å². The van der Waals surface area contributed by atoms with Crippen molar-refractivity contribution in [3.63, 3.8) is 0 Å². The fourth-order valence-electron chi connectivity index (χ4n) is 7.79. The smallest absolute Gasteiger partial charge is 0.0575 e. The van der Waals surface area contributed by atoms with E-state index in [9.17, 15) is 0 Å². The first-order valence-electron chi connectivity index (χ1n) is 18.0. The fourth-order valence-corrected chi connectivity index (χ4v) is 8.97. The molecule has 0 atom stereocenters. The molecule has 0 unspecified atom stereocenters. The summed E-state index contributed by atoms with van der Waals surface area (Å²) < 4.78 is 2.52. The molecule has 9 aromatic carbocycles. The number of hydrogen-bond donors (Lipinski definition) is 0. The van der Waals surface area contributed by atoms with E-state index in [4.69, 9.17) is 0 Å². The van der Waals surface area contributed by atoms with Crippen LogP contribution in [0.2, 0.25) is 0 Å². The highest BCUT2D eigenvalue weighted by Crippen LogP contribution is 2.51. The maximum atomic E-state index is 2.43. The first kappa shape index (κ1) is 31.1. The minimum Gasteiger partial charge on any atom is -0.310 e.